The standard InChI is InChI=1S/C11H15.C5H3.2ClH.Zr/c1-9-6-7-11(8-9)10-4-2-3-5-10;1-2-4-5-3-1;;;/h6-8,10H,2-5H2,1H3;1H,2H2;2*1H;/q2*-1;;;+4/p-2. The van der Waals surface area contributed by atoms with E-state index in [4.69, 9.17) is 0 Å². The first-order chi connectivity index (χ1) is 7.86. The molecular weight excluding hydrogens is 354 g/mol. The first-order valence-electron chi connectivity index (χ1n) is 6.14. The fraction of sp³-hybridized carbons (Fsp3) is 0.438. The summed E-state index contributed by atoms with van der Waals surface area (Å²) in [6.45, 7) is 2.18. The predicted molar refractivity (Wildman–Crippen MR) is 67.4 cm³/mol. The van der Waals surface area contributed by atoms with Gasteiger partial charge in [-0.25, -0.2) is 12.1 Å². The van der Waals surface area contributed by atoms with Gasteiger partial charge in [0.2, 0.25) is 0 Å². The van der Waals surface area contributed by atoms with E-state index in [1.54, 1.807) is 5.56 Å². The van der Waals surface area contributed by atoms with Crippen molar-refractivity contribution in [1.29, 1.82) is 0 Å². The Bertz CT molecular complexity index is 415. The van der Waals surface area contributed by atoms with Gasteiger partial charge in [0, 0.05) is 0 Å². The molecule has 0 nitrogen and oxygen atoms in total. The van der Waals surface area contributed by atoms with E-state index in [9.17, 15) is 0 Å². The van der Waals surface area contributed by atoms with Crippen molar-refractivity contribution in [1.82, 2.24) is 0 Å². The minimum atomic E-state index is 0. The van der Waals surface area contributed by atoms with Crippen LogP contribution in [0.4, 0.5) is 0 Å². The Morgan fingerprint density at radius 1 is 1.26 bits per heavy atom. The van der Waals surface area contributed by atoms with E-state index in [1.165, 1.54) is 31.2 Å². The van der Waals surface area contributed by atoms with Crippen LogP contribution in [0.2, 0.25) is 0 Å². The van der Waals surface area contributed by atoms with Crippen LogP contribution in [0.3, 0.4) is 0 Å². The average molecular weight is 372 g/mol. The third-order valence-electron chi connectivity index (χ3n) is 3.23. The van der Waals surface area contributed by atoms with Crippen LogP contribution in [0.5, 0.6) is 0 Å². The van der Waals surface area contributed by atoms with Crippen LogP contribution in [0.15, 0.2) is 35.7 Å². The number of aryl methyl sites for hydroxylation is 1. The van der Waals surface area contributed by atoms with Crippen molar-refractivity contribution in [3.63, 3.8) is 0 Å². The van der Waals surface area contributed by atoms with E-state index in [0.717, 1.165) is 12.3 Å². The van der Waals surface area contributed by atoms with Crippen molar-refractivity contribution in [3.05, 3.63) is 52.9 Å². The van der Waals surface area contributed by atoms with E-state index >= 15 is 0 Å². The normalized spacial score (nSPS) is 15.0. The number of allylic oxidation sites excluding steroid dienone is 2. The zero-order valence-corrected chi connectivity index (χ0v) is 15.1. The Balaban J connectivity index is 0. The van der Waals surface area contributed by atoms with Crippen LogP contribution >= 0.6 is 0 Å². The summed E-state index contributed by atoms with van der Waals surface area (Å²) in [7, 11) is 0. The smallest absolute Gasteiger partial charge is 1.00 e. The summed E-state index contributed by atoms with van der Waals surface area (Å²) in [5.74, 6) is 0.892. The molecule has 2 aliphatic rings. The van der Waals surface area contributed by atoms with Crippen molar-refractivity contribution in [2.45, 2.75) is 44.9 Å². The molecule has 0 bridgehead atoms. The summed E-state index contributed by atoms with van der Waals surface area (Å²) in [6, 6.07) is 6.87. The molecule has 100 valence electrons. The van der Waals surface area contributed by atoms with Gasteiger partial charge in [0.05, 0.1) is 0 Å². The molecule has 3 rings (SSSR count). The topological polar surface area (TPSA) is 0 Å². The molecular formula is C16H18Cl2Zr. The van der Waals surface area contributed by atoms with E-state index < -0.39 is 0 Å². The van der Waals surface area contributed by atoms with Crippen LogP contribution in [0, 0.1) is 13.0 Å². The summed E-state index contributed by atoms with van der Waals surface area (Å²) in [5.41, 5.74) is 8.41. The molecule has 0 radical (unpaired) electrons. The molecule has 1 fully saturated rings. The predicted octanol–water partition coefficient (Wildman–Crippen LogP) is -1.56. The van der Waals surface area contributed by atoms with Gasteiger partial charge >= 0.3 is 26.2 Å². The monoisotopic (exact) mass is 370 g/mol. The first-order valence-corrected chi connectivity index (χ1v) is 6.14. The summed E-state index contributed by atoms with van der Waals surface area (Å²) < 4.78 is 0. The molecule has 0 spiro atoms. The molecule has 0 unspecified atom stereocenters. The zero-order chi connectivity index (χ0) is 11.2. The van der Waals surface area contributed by atoms with Crippen molar-refractivity contribution in [2.24, 2.45) is 0 Å². The van der Waals surface area contributed by atoms with Crippen molar-refractivity contribution < 1.29 is 51.0 Å². The van der Waals surface area contributed by atoms with Crippen LogP contribution in [0.25, 0.3) is 0 Å². The Labute approximate surface area is 148 Å². The second-order valence-corrected chi connectivity index (χ2v) is 4.56. The molecule has 0 aromatic heterocycles. The third kappa shape index (κ3) is 7.46. The largest absolute Gasteiger partial charge is 4.00 e. The van der Waals surface area contributed by atoms with Gasteiger partial charge in [-0.15, -0.1) is 6.08 Å². The maximum atomic E-state index is 2.81. The minimum Gasteiger partial charge on any atom is -1.00 e. The molecule has 3 heteroatoms. The van der Waals surface area contributed by atoms with E-state index in [2.05, 4.69) is 42.7 Å². The van der Waals surface area contributed by atoms with Crippen molar-refractivity contribution in [2.75, 3.05) is 0 Å². The number of hydrogen-bond acceptors (Lipinski definition) is 0. The van der Waals surface area contributed by atoms with Crippen molar-refractivity contribution in [3.8, 4) is 0 Å². The molecule has 19 heavy (non-hydrogen) atoms. The second-order valence-electron chi connectivity index (χ2n) is 4.56. The summed E-state index contributed by atoms with van der Waals surface area (Å²) in [4.78, 5) is 0. The minimum absolute atomic E-state index is 0. The number of hydrogen-bond donors (Lipinski definition) is 0. The number of rotatable bonds is 1. The molecule has 1 aromatic rings. The maximum absolute atomic E-state index is 2.81. The van der Waals surface area contributed by atoms with Gasteiger partial charge in [-0.05, 0) is 0 Å². The number of halogens is 2. The van der Waals surface area contributed by atoms with E-state index in [-0.39, 0.29) is 51.0 Å². The van der Waals surface area contributed by atoms with Gasteiger partial charge in [-0.3, -0.25) is 0 Å². The van der Waals surface area contributed by atoms with Crippen LogP contribution < -0.4 is 24.8 Å². The van der Waals surface area contributed by atoms with Crippen LogP contribution in [-0.4, -0.2) is 0 Å². The van der Waals surface area contributed by atoms with Crippen LogP contribution in [-0.2, 0) is 26.2 Å². The molecule has 0 amide bonds. The molecule has 1 aromatic carbocycles. The van der Waals surface area contributed by atoms with E-state index in [0.29, 0.717) is 0 Å². The van der Waals surface area contributed by atoms with Gasteiger partial charge in [-0.2, -0.15) is 23.3 Å². The van der Waals surface area contributed by atoms with E-state index in [1.807, 2.05) is 6.08 Å². The van der Waals surface area contributed by atoms with Gasteiger partial charge in [0.15, 0.2) is 0 Å². The third-order valence-corrected chi connectivity index (χ3v) is 3.23. The van der Waals surface area contributed by atoms with Crippen molar-refractivity contribution >= 4 is 0 Å². The van der Waals surface area contributed by atoms with Gasteiger partial charge in [0.25, 0.3) is 0 Å². The molecule has 0 atom stereocenters. The Morgan fingerprint density at radius 3 is 2.32 bits per heavy atom. The fourth-order valence-electron chi connectivity index (χ4n) is 2.36. The molecule has 1 saturated carbocycles. The maximum Gasteiger partial charge on any atom is 4.00 e. The molecule has 0 N–H and O–H groups in total. The Morgan fingerprint density at radius 2 is 1.95 bits per heavy atom. The molecule has 0 saturated heterocycles. The second kappa shape index (κ2) is 11.9. The summed E-state index contributed by atoms with van der Waals surface area (Å²) in [6.07, 6.45) is 11.3. The summed E-state index contributed by atoms with van der Waals surface area (Å²) in [5, 5.41) is 0. The molecule has 0 aliphatic heterocycles. The Kier molecular flexibility index (Phi) is 13.4. The van der Waals surface area contributed by atoms with Gasteiger partial charge < -0.3 is 36.3 Å². The average Bonchev–Trinajstić information content (AvgIpc) is 3.03. The zero-order valence-electron chi connectivity index (χ0n) is 11.2. The van der Waals surface area contributed by atoms with Gasteiger partial charge in [-0.1, -0.05) is 44.9 Å². The first kappa shape index (κ1) is 21.4. The molecule has 0 heterocycles. The fourth-order valence-corrected chi connectivity index (χ4v) is 2.36. The quantitative estimate of drug-likeness (QED) is 0.413. The van der Waals surface area contributed by atoms with Gasteiger partial charge in [0.1, 0.15) is 0 Å². The summed E-state index contributed by atoms with van der Waals surface area (Å²) >= 11 is 0. The van der Waals surface area contributed by atoms with Crippen LogP contribution in [0.1, 0.15) is 49.1 Å². The SMILES string of the molecule is C1=C=CC[C-]=1.C[c-]1ccc(C2CCCC2)c1.[Cl-].[Cl-].[Zr+4]. The molecule has 2 aliphatic carbocycles. The Hall–Kier alpha value is 0.113.